The molecule has 130 valence electrons. The molecule has 0 amide bonds. The number of aryl methyl sites for hydroxylation is 1. The van der Waals surface area contributed by atoms with Crippen LogP contribution in [0.15, 0.2) is 22.6 Å². The molecular weight excluding hydrogens is 311 g/mol. The lowest BCUT2D eigenvalue weighted by Crippen LogP contribution is -2.38. The highest BCUT2D eigenvalue weighted by Gasteiger charge is 2.22. The van der Waals surface area contributed by atoms with Gasteiger partial charge in [-0.25, -0.2) is 9.37 Å². The summed E-state index contributed by atoms with van der Waals surface area (Å²) in [6.45, 7) is 4.43. The number of hydrogen-bond donors (Lipinski definition) is 0. The zero-order valence-corrected chi connectivity index (χ0v) is 14.3. The summed E-state index contributed by atoms with van der Waals surface area (Å²) in [5.74, 6) is 1.20. The number of ether oxygens (including phenoxy) is 2. The van der Waals surface area contributed by atoms with Crippen molar-refractivity contribution >= 4 is 0 Å². The van der Waals surface area contributed by atoms with E-state index in [1.807, 2.05) is 6.92 Å². The topological polar surface area (TPSA) is 47.7 Å². The van der Waals surface area contributed by atoms with Crippen molar-refractivity contribution in [1.29, 1.82) is 0 Å². The average molecular weight is 334 g/mol. The summed E-state index contributed by atoms with van der Waals surface area (Å²) in [6.07, 6.45) is 2.46. The molecule has 1 aliphatic heterocycles. The number of oxazole rings is 1. The summed E-state index contributed by atoms with van der Waals surface area (Å²) in [7, 11) is 3.30. The Morgan fingerprint density at radius 3 is 2.96 bits per heavy atom. The zero-order chi connectivity index (χ0) is 17.1. The molecule has 0 aliphatic carbocycles. The predicted octanol–water partition coefficient (Wildman–Crippen LogP) is 3.41. The van der Waals surface area contributed by atoms with Crippen LogP contribution in [0.3, 0.4) is 0 Å². The maximum atomic E-state index is 14.1. The molecule has 0 spiro atoms. The molecular formula is C18H23FN2O3. The lowest BCUT2D eigenvalue weighted by molar-refractivity contribution is 0.0280. The van der Waals surface area contributed by atoms with Gasteiger partial charge in [0.2, 0.25) is 5.89 Å². The van der Waals surface area contributed by atoms with Crippen LogP contribution in [0.25, 0.3) is 11.5 Å². The van der Waals surface area contributed by atoms with Crippen molar-refractivity contribution in [2.45, 2.75) is 32.4 Å². The Bertz CT molecular complexity index is 702. The van der Waals surface area contributed by atoms with Gasteiger partial charge >= 0.3 is 0 Å². The van der Waals surface area contributed by atoms with Gasteiger partial charge < -0.3 is 13.9 Å². The van der Waals surface area contributed by atoms with Crippen LogP contribution in [0.2, 0.25) is 0 Å². The van der Waals surface area contributed by atoms with Crippen LogP contribution in [0.1, 0.15) is 24.3 Å². The van der Waals surface area contributed by atoms with E-state index in [9.17, 15) is 4.39 Å². The predicted molar refractivity (Wildman–Crippen MR) is 88.5 cm³/mol. The van der Waals surface area contributed by atoms with Gasteiger partial charge in [-0.1, -0.05) is 0 Å². The summed E-state index contributed by atoms with van der Waals surface area (Å²) < 4.78 is 30.4. The molecule has 1 aliphatic rings. The van der Waals surface area contributed by atoms with Crippen molar-refractivity contribution in [3.8, 4) is 17.2 Å². The van der Waals surface area contributed by atoms with Gasteiger partial charge in [0.25, 0.3) is 0 Å². The smallest absolute Gasteiger partial charge is 0.229 e. The summed E-state index contributed by atoms with van der Waals surface area (Å²) in [6, 6.07) is 4.54. The molecule has 0 unspecified atom stereocenters. The van der Waals surface area contributed by atoms with Crippen LogP contribution in [0.5, 0.6) is 5.75 Å². The molecule has 1 aromatic carbocycles. The third-order valence-electron chi connectivity index (χ3n) is 4.47. The quantitative estimate of drug-likeness (QED) is 0.838. The summed E-state index contributed by atoms with van der Waals surface area (Å²) in [5.41, 5.74) is 1.15. The first-order valence-corrected chi connectivity index (χ1v) is 8.16. The number of hydrogen-bond acceptors (Lipinski definition) is 5. The third kappa shape index (κ3) is 3.60. The molecule has 0 radical (unpaired) electrons. The Balaban J connectivity index is 1.80. The van der Waals surface area contributed by atoms with Crippen molar-refractivity contribution < 1.29 is 18.3 Å². The first-order chi connectivity index (χ1) is 11.6. The maximum Gasteiger partial charge on any atom is 0.229 e. The van der Waals surface area contributed by atoms with E-state index in [4.69, 9.17) is 13.9 Å². The maximum absolute atomic E-state index is 14.1. The normalized spacial score (nSPS) is 18.8. The molecule has 2 heterocycles. The Hall–Kier alpha value is -1.92. The number of aromatic nitrogens is 1. The van der Waals surface area contributed by atoms with Crippen LogP contribution in [0, 0.1) is 12.7 Å². The highest BCUT2D eigenvalue weighted by Crippen LogP contribution is 2.28. The van der Waals surface area contributed by atoms with E-state index in [0.29, 0.717) is 29.5 Å². The largest absolute Gasteiger partial charge is 0.497 e. The number of likely N-dealkylation sites (tertiary alicyclic amines) is 1. The SMILES string of the molecule is COc1ccc(F)c(-c2nc(CN3CCC[C@@H](OC)C3)c(C)o2)c1. The number of benzene rings is 1. The molecule has 0 N–H and O–H groups in total. The van der Waals surface area contributed by atoms with Crippen molar-refractivity contribution in [3.63, 3.8) is 0 Å². The summed E-state index contributed by atoms with van der Waals surface area (Å²) in [5, 5.41) is 0. The van der Waals surface area contributed by atoms with Crippen molar-refractivity contribution in [1.82, 2.24) is 9.88 Å². The second-order valence-electron chi connectivity index (χ2n) is 6.10. The first kappa shape index (κ1) is 16.9. The number of rotatable bonds is 5. The fourth-order valence-electron chi connectivity index (χ4n) is 3.05. The summed E-state index contributed by atoms with van der Waals surface area (Å²) >= 11 is 0. The van der Waals surface area contributed by atoms with Crippen LogP contribution in [-0.4, -0.2) is 43.3 Å². The van der Waals surface area contributed by atoms with E-state index in [1.165, 1.54) is 6.07 Å². The van der Waals surface area contributed by atoms with Gasteiger partial charge in [-0.05, 0) is 44.5 Å². The molecule has 0 saturated carbocycles. The molecule has 0 bridgehead atoms. The fourth-order valence-corrected chi connectivity index (χ4v) is 3.05. The van der Waals surface area contributed by atoms with Gasteiger partial charge in [-0.15, -0.1) is 0 Å². The van der Waals surface area contributed by atoms with Crippen LogP contribution < -0.4 is 4.74 Å². The molecule has 1 atom stereocenters. The number of piperidine rings is 1. The Morgan fingerprint density at radius 1 is 1.38 bits per heavy atom. The van der Waals surface area contributed by atoms with E-state index in [2.05, 4.69) is 9.88 Å². The lowest BCUT2D eigenvalue weighted by atomic mass is 10.1. The van der Waals surface area contributed by atoms with E-state index in [-0.39, 0.29) is 11.9 Å². The first-order valence-electron chi connectivity index (χ1n) is 8.16. The molecule has 1 fully saturated rings. The second kappa shape index (κ2) is 7.32. The van der Waals surface area contributed by atoms with Gasteiger partial charge in [0.15, 0.2) is 0 Å². The number of halogens is 1. The van der Waals surface area contributed by atoms with E-state index >= 15 is 0 Å². The Morgan fingerprint density at radius 2 is 2.21 bits per heavy atom. The highest BCUT2D eigenvalue weighted by atomic mass is 19.1. The lowest BCUT2D eigenvalue weighted by Gasteiger charge is -2.31. The van der Waals surface area contributed by atoms with Gasteiger partial charge in [-0.3, -0.25) is 4.90 Å². The van der Waals surface area contributed by atoms with E-state index < -0.39 is 0 Å². The summed E-state index contributed by atoms with van der Waals surface area (Å²) in [4.78, 5) is 6.82. The molecule has 3 rings (SSSR count). The minimum absolute atomic E-state index is 0.265. The molecule has 6 heteroatoms. The monoisotopic (exact) mass is 334 g/mol. The van der Waals surface area contributed by atoms with Gasteiger partial charge in [-0.2, -0.15) is 0 Å². The number of nitrogens with zero attached hydrogens (tertiary/aromatic N) is 2. The fraction of sp³-hybridized carbons (Fsp3) is 0.500. The molecule has 2 aromatic rings. The molecule has 24 heavy (non-hydrogen) atoms. The number of methoxy groups -OCH3 is 2. The van der Waals surface area contributed by atoms with Crippen molar-refractivity contribution in [2.24, 2.45) is 0 Å². The minimum Gasteiger partial charge on any atom is -0.497 e. The van der Waals surface area contributed by atoms with Crippen molar-refractivity contribution in [3.05, 3.63) is 35.5 Å². The zero-order valence-electron chi connectivity index (χ0n) is 14.3. The van der Waals surface area contributed by atoms with Crippen LogP contribution >= 0.6 is 0 Å². The van der Waals surface area contributed by atoms with Crippen molar-refractivity contribution in [2.75, 3.05) is 27.3 Å². The van der Waals surface area contributed by atoms with Gasteiger partial charge in [0.05, 0.1) is 24.5 Å². The Kier molecular flexibility index (Phi) is 5.16. The van der Waals surface area contributed by atoms with Gasteiger partial charge in [0, 0.05) is 20.2 Å². The minimum atomic E-state index is -0.374. The highest BCUT2D eigenvalue weighted by molar-refractivity contribution is 5.57. The standard InChI is InChI=1S/C18H23FN2O3/c1-12-17(11-21-8-4-5-14(10-21)23-3)20-18(24-12)15-9-13(22-2)6-7-16(15)19/h6-7,9,14H,4-5,8,10-11H2,1-3H3/t14-/m1/s1. The van der Waals surface area contributed by atoms with Crippen LogP contribution in [0.4, 0.5) is 4.39 Å². The van der Waals surface area contributed by atoms with Gasteiger partial charge in [0.1, 0.15) is 17.3 Å². The second-order valence-corrected chi connectivity index (χ2v) is 6.10. The molecule has 5 nitrogen and oxygen atoms in total. The van der Waals surface area contributed by atoms with E-state index in [1.54, 1.807) is 26.4 Å². The molecule has 1 aromatic heterocycles. The Labute approximate surface area is 141 Å². The third-order valence-corrected chi connectivity index (χ3v) is 4.47. The van der Waals surface area contributed by atoms with Crippen LogP contribution in [-0.2, 0) is 11.3 Å². The van der Waals surface area contributed by atoms with E-state index in [0.717, 1.165) is 31.6 Å². The molecule has 1 saturated heterocycles. The average Bonchev–Trinajstić information content (AvgIpc) is 2.96.